The number of rotatable bonds is 5. The fourth-order valence-corrected chi connectivity index (χ4v) is 2.53. The van der Waals surface area contributed by atoms with Crippen molar-refractivity contribution in [2.24, 2.45) is 5.92 Å². The molecular weight excluding hydrogens is 246 g/mol. The lowest BCUT2D eigenvalue weighted by Gasteiger charge is -2.27. The highest BCUT2D eigenvalue weighted by molar-refractivity contribution is 5.87. The molecule has 0 aliphatic carbocycles. The first-order valence-electron chi connectivity index (χ1n) is 6.21. The van der Waals surface area contributed by atoms with Gasteiger partial charge in [-0.3, -0.25) is 9.59 Å². The second-order valence-corrected chi connectivity index (χ2v) is 4.58. The number of likely N-dealkylation sites (tertiary alicyclic amines) is 1. The Kier molecular flexibility index (Phi) is 4.16. The quantitative estimate of drug-likeness (QED) is 0.869. The Bertz CT molecular complexity index is 460. The van der Waals surface area contributed by atoms with Crippen LogP contribution in [-0.4, -0.2) is 42.1 Å². The molecule has 1 aromatic rings. The van der Waals surface area contributed by atoms with Crippen LogP contribution < -0.4 is 0 Å². The van der Waals surface area contributed by atoms with Gasteiger partial charge in [-0.1, -0.05) is 30.3 Å². The monoisotopic (exact) mass is 263 g/mol. The highest BCUT2D eigenvalue weighted by Gasteiger charge is 2.44. The maximum Gasteiger partial charge on any atom is 0.309 e. The van der Waals surface area contributed by atoms with Crippen molar-refractivity contribution in [2.45, 2.75) is 12.5 Å². The zero-order valence-electron chi connectivity index (χ0n) is 10.8. The Morgan fingerprint density at radius 3 is 2.68 bits per heavy atom. The third-order valence-electron chi connectivity index (χ3n) is 3.43. The summed E-state index contributed by atoms with van der Waals surface area (Å²) in [6.07, 6.45) is 0.0542. The van der Waals surface area contributed by atoms with Crippen LogP contribution in [0.2, 0.25) is 0 Å². The maximum atomic E-state index is 12.0. The second kappa shape index (κ2) is 5.84. The van der Waals surface area contributed by atoms with E-state index in [1.165, 1.54) is 0 Å². The number of nitrogens with zero attached hydrogens (tertiary/aromatic N) is 1. The SMILES string of the molecule is COCCN1C(=O)C[C@H](C(=O)O)[C@H]1c1ccccc1. The molecule has 5 nitrogen and oxygen atoms in total. The van der Waals surface area contributed by atoms with E-state index in [0.29, 0.717) is 13.2 Å². The van der Waals surface area contributed by atoms with Gasteiger partial charge in [0.2, 0.25) is 5.91 Å². The average molecular weight is 263 g/mol. The van der Waals surface area contributed by atoms with Gasteiger partial charge in [-0.25, -0.2) is 0 Å². The van der Waals surface area contributed by atoms with Crippen molar-refractivity contribution < 1.29 is 19.4 Å². The normalized spacial score (nSPS) is 22.8. The minimum absolute atomic E-state index is 0.0542. The fraction of sp³-hybridized carbons (Fsp3) is 0.429. The standard InChI is InChI=1S/C14H17NO4/c1-19-8-7-15-12(16)9-11(14(17)18)13(15)10-5-3-2-4-6-10/h2-6,11,13H,7-9H2,1H3,(H,17,18)/t11-,13+/m0/s1. The Morgan fingerprint density at radius 1 is 1.42 bits per heavy atom. The van der Waals surface area contributed by atoms with Crippen molar-refractivity contribution in [1.82, 2.24) is 4.90 Å². The summed E-state index contributed by atoms with van der Waals surface area (Å²) in [4.78, 5) is 24.9. The van der Waals surface area contributed by atoms with Gasteiger partial charge in [0.1, 0.15) is 0 Å². The minimum atomic E-state index is -0.929. The van der Waals surface area contributed by atoms with E-state index in [4.69, 9.17) is 4.74 Å². The fourth-order valence-electron chi connectivity index (χ4n) is 2.53. The lowest BCUT2D eigenvalue weighted by molar-refractivity contribution is -0.142. The van der Waals surface area contributed by atoms with Crippen LogP contribution in [0.25, 0.3) is 0 Å². The first-order valence-corrected chi connectivity index (χ1v) is 6.21. The summed E-state index contributed by atoms with van der Waals surface area (Å²) in [7, 11) is 1.56. The molecule has 2 rings (SSSR count). The smallest absolute Gasteiger partial charge is 0.309 e. The zero-order chi connectivity index (χ0) is 13.8. The van der Waals surface area contributed by atoms with Crippen molar-refractivity contribution in [3.05, 3.63) is 35.9 Å². The number of hydrogen-bond donors (Lipinski definition) is 1. The molecule has 1 N–H and O–H groups in total. The van der Waals surface area contributed by atoms with Gasteiger partial charge in [-0.2, -0.15) is 0 Å². The van der Waals surface area contributed by atoms with Gasteiger partial charge in [-0.15, -0.1) is 0 Å². The zero-order valence-corrected chi connectivity index (χ0v) is 10.8. The first kappa shape index (κ1) is 13.5. The average Bonchev–Trinajstić information content (AvgIpc) is 2.74. The largest absolute Gasteiger partial charge is 0.481 e. The van der Waals surface area contributed by atoms with E-state index < -0.39 is 17.9 Å². The highest BCUT2D eigenvalue weighted by atomic mass is 16.5. The molecule has 1 aromatic carbocycles. The number of carboxylic acid groups (broad SMARTS) is 1. The summed E-state index contributed by atoms with van der Waals surface area (Å²) < 4.78 is 4.99. The minimum Gasteiger partial charge on any atom is -0.481 e. The number of hydrogen-bond acceptors (Lipinski definition) is 3. The number of benzene rings is 1. The summed E-state index contributed by atoms with van der Waals surface area (Å²) in [6.45, 7) is 0.820. The molecule has 0 aromatic heterocycles. The van der Waals surface area contributed by atoms with Crippen LogP contribution in [0.1, 0.15) is 18.0 Å². The van der Waals surface area contributed by atoms with Crippen LogP contribution in [0.5, 0.6) is 0 Å². The summed E-state index contributed by atoms with van der Waals surface area (Å²) in [6, 6.07) is 8.89. The van der Waals surface area contributed by atoms with E-state index in [2.05, 4.69) is 0 Å². The van der Waals surface area contributed by atoms with Gasteiger partial charge in [0.05, 0.1) is 18.6 Å². The molecule has 5 heteroatoms. The van der Waals surface area contributed by atoms with Crippen molar-refractivity contribution >= 4 is 11.9 Å². The third kappa shape index (κ3) is 2.76. The number of aliphatic carboxylic acids is 1. The summed E-state index contributed by atoms with van der Waals surface area (Å²) in [5, 5.41) is 9.30. The molecule has 1 aliphatic rings. The van der Waals surface area contributed by atoms with Crippen molar-refractivity contribution in [1.29, 1.82) is 0 Å². The summed E-state index contributed by atoms with van der Waals surface area (Å²) in [5.41, 5.74) is 0.858. The van der Waals surface area contributed by atoms with Crippen molar-refractivity contribution in [3.8, 4) is 0 Å². The van der Waals surface area contributed by atoms with Crippen LogP contribution in [0.3, 0.4) is 0 Å². The molecule has 0 unspecified atom stereocenters. The maximum absolute atomic E-state index is 12.0. The molecular formula is C14H17NO4. The molecule has 0 saturated carbocycles. The summed E-state index contributed by atoms with van der Waals surface area (Å²) in [5.74, 6) is -1.74. The number of ether oxygens (including phenoxy) is 1. The van der Waals surface area contributed by atoms with E-state index in [0.717, 1.165) is 5.56 Å². The second-order valence-electron chi connectivity index (χ2n) is 4.58. The predicted molar refractivity (Wildman–Crippen MR) is 68.5 cm³/mol. The third-order valence-corrected chi connectivity index (χ3v) is 3.43. The Labute approximate surface area is 111 Å². The lowest BCUT2D eigenvalue weighted by Crippen LogP contribution is -2.33. The van der Waals surface area contributed by atoms with E-state index in [-0.39, 0.29) is 12.3 Å². The van der Waals surface area contributed by atoms with Gasteiger partial charge < -0.3 is 14.7 Å². The van der Waals surface area contributed by atoms with Gasteiger partial charge in [0, 0.05) is 20.1 Å². The van der Waals surface area contributed by atoms with Crippen LogP contribution in [0, 0.1) is 5.92 Å². The molecule has 1 amide bonds. The number of carboxylic acids is 1. The molecule has 1 saturated heterocycles. The van der Waals surface area contributed by atoms with E-state index in [9.17, 15) is 14.7 Å². The summed E-state index contributed by atoms with van der Waals surface area (Å²) >= 11 is 0. The van der Waals surface area contributed by atoms with Crippen LogP contribution >= 0.6 is 0 Å². The molecule has 102 valence electrons. The Balaban J connectivity index is 2.30. The molecule has 2 atom stereocenters. The van der Waals surface area contributed by atoms with Crippen molar-refractivity contribution in [2.75, 3.05) is 20.3 Å². The van der Waals surface area contributed by atoms with Gasteiger partial charge in [0.15, 0.2) is 0 Å². The lowest BCUT2D eigenvalue weighted by atomic mass is 9.94. The molecule has 19 heavy (non-hydrogen) atoms. The van der Waals surface area contributed by atoms with E-state index in [1.807, 2.05) is 30.3 Å². The number of methoxy groups -OCH3 is 1. The predicted octanol–water partition coefficient (Wildman–Crippen LogP) is 1.31. The molecule has 0 spiro atoms. The first-order chi connectivity index (χ1) is 9.15. The Hall–Kier alpha value is -1.88. The topological polar surface area (TPSA) is 66.8 Å². The van der Waals surface area contributed by atoms with Crippen LogP contribution in [-0.2, 0) is 14.3 Å². The molecule has 1 fully saturated rings. The van der Waals surface area contributed by atoms with E-state index in [1.54, 1.807) is 12.0 Å². The molecule has 1 aliphatic heterocycles. The molecule has 0 bridgehead atoms. The van der Waals surface area contributed by atoms with Crippen LogP contribution in [0.4, 0.5) is 0 Å². The van der Waals surface area contributed by atoms with Crippen LogP contribution in [0.15, 0.2) is 30.3 Å². The number of carbonyl (C=O) groups is 2. The van der Waals surface area contributed by atoms with Gasteiger partial charge in [0.25, 0.3) is 0 Å². The van der Waals surface area contributed by atoms with E-state index >= 15 is 0 Å². The van der Waals surface area contributed by atoms with Gasteiger partial charge in [-0.05, 0) is 5.56 Å². The number of carbonyl (C=O) groups excluding carboxylic acids is 1. The molecule has 1 heterocycles. The number of amides is 1. The highest BCUT2D eigenvalue weighted by Crippen LogP contribution is 2.37. The molecule has 0 radical (unpaired) electrons. The Morgan fingerprint density at radius 2 is 2.11 bits per heavy atom. The van der Waals surface area contributed by atoms with Crippen molar-refractivity contribution in [3.63, 3.8) is 0 Å². The van der Waals surface area contributed by atoms with Gasteiger partial charge >= 0.3 is 5.97 Å².